The van der Waals surface area contributed by atoms with Crippen LogP contribution in [-0.4, -0.2) is 80.1 Å². The fourth-order valence-corrected chi connectivity index (χ4v) is 4.92. The maximum Gasteiger partial charge on any atom is 0.407 e. The van der Waals surface area contributed by atoms with Gasteiger partial charge < -0.3 is 29.5 Å². The molecule has 3 atom stereocenters. The van der Waals surface area contributed by atoms with E-state index in [0.29, 0.717) is 6.54 Å². The second-order valence-corrected chi connectivity index (χ2v) is 8.60. The van der Waals surface area contributed by atoms with Crippen LogP contribution in [0.2, 0.25) is 0 Å². The first kappa shape index (κ1) is 24.7. The van der Waals surface area contributed by atoms with Crippen LogP contribution in [0.15, 0.2) is 48.5 Å². The van der Waals surface area contributed by atoms with E-state index < -0.39 is 36.0 Å². The number of alkyl carbamates (subject to hydrolysis) is 1. The SMILES string of the molecule is CCN(C(=O)C(CNC(=O)OCC1c2ccccc2-c2ccccc21)OC)C1COCC1C(=O)O. The lowest BCUT2D eigenvalue weighted by molar-refractivity contribution is -0.148. The molecule has 3 unspecified atom stereocenters. The number of hydrogen-bond acceptors (Lipinski definition) is 6. The van der Waals surface area contributed by atoms with Crippen LogP contribution in [0.25, 0.3) is 11.1 Å². The molecule has 2 amide bonds. The summed E-state index contributed by atoms with van der Waals surface area (Å²) in [4.78, 5) is 38.5. The molecule has 0 aromatic heterocycles. The lowest BCUT2D eigenvalue weighted by Gasteiger charge is -2.32. The number of nitrogens with one attached hydrogen (secondary N) is 1. The molecule has 9 heteroatoms. The van der Waals surface area contributed by atoms with Gasteiger partial charge >= 0.3 is 12.1 Å². The molecule has 0 bridgehead atoms. The third kappa shape index (κ3) is 5.01. The summed E-state index contributed by atoms with van der Waals surface area (Å²) >= 11 is 0. The van der Waals surface area contributed by atoms with Gasteiger partial charge in [-0.25, -0.2) is 4.79 Å². The van der Waals surface area contributed by atoms with Gasteiger partial charge in [0, 0.05) is 19.6 Å². The van der Waals surface area contributed by atoms with Gasteiger partial charge in [0.25, 0.3) is 5.91 Å². The number of benzene rings is 2. The van der Waals surface area contributed by atoms with Gasteiger partial charge in [-0.2, -0.15) is 0 Å². The Hall–Kier alpha value is -3.43. The van der Waals surface area contributed by atoms with Crippen LogP contribution in [0.5, 0.6) is 0 Å². The Kier molecular flexibility index (Phi) is 7.67. The largest absolute Gasteiger partial charge is 0.481 e. The van der Waals surface area contributed by atoms with E-state index in [1.165, 1.54) is 12.0 Å². The number of carboxylic acid groups (broad SMARTS) is 1. The number of nitrogens with zero attached hydrogens (tertiary/aromatic N) is 1. The predicted octanol–water partition coefficient (Wildman–Crippen LogP) is 2.49. The lowest BCUT2D eigenvalue weighted by Crippen LogP contribution is -2.52. The van der Waals surface area contributed by atoms with Crippen LogP contribution in [0.3, 0.4) is 0 Å². The van der Waals surface area contributed by atoms with Crippen molar-refractivity contribution in [2.24, 2.45) is 5.92 Å². The maximum absolute atomic E-state index is 13.1. The molecule has 2 aromatic rings. The van der Waals surface area contributed by atoms with Crippen LogP contribution < -0.4 is 5.32 Å². The average Bonchev–Trinajstić information content (AvgIpc) is 3.47. The summed E-state index contributed by atoms with van der Waals surface area (Å²) in [5, 5.41) is 12.0. The first-order chi connectivity index (χ1) is 17.0. The second kappa shape index (κ2) is 10.9. The highest BCUT2D eigenvalue weighted by molar-refractivity contribution is 5.83. The van der Waals surface area contributed by atoms with Crippen LogP contribution in [-0.2, 0) is 23.8 Å². The molecule has 0 saturated carbocycles. The summed E-state index contributed by atoms with van der Waals surface area (Å²) in [6.07, 6.45) is -1.64. The van der Waals surface area contributed by atoms with Crippen molar-refractivity contribution in [3.63, 3.8) is 0 Å². The van der Waals surface area contributed by atoms with E-state index in [4.69, 9.17) is 14.2 Å². The Labute approximate surface area is 204 Å². The number of carbonyl (C=O) groups excluding carboxylic acids is 2. The van der Waals surface area contributed by atoms with Crippen molar-refractivity contribution in [3.05, 3.63) is 59.7 Å². The Balaban J connectivity index is 1.35. The molecule has 1 aliphatic heterocycles. The number of aliphatic carboxylic acids is 1. The number of fused-ring (bicyclic) bond motifs is 3. The summed E-state index contributed by atoms with van der Waals surface area (Å²) in [5.41, 5.74) is 4.49. The fraction of sp³-hybridized carbons (Fsp3) is 0.423. The molecule has 1 saturated heterocycles. The highest BCUT2D eigenvalue weighted by atomic mass is 16.5. The lowest BCUT2D eigenvalue weighted by atomic mass is 9.98. The van der Waals surface area contributed by atoms with Crippen LogP contribution in [0.1, 0.15) is 24.0 Å². The van der Waals surface area contributed by atoms with Gasteiger partial charge in [0.05, 0.1) is 25.8 Å². The zero-order chi connectivity index (χ0) is 24.9. The van der Waals surface area contributed by atoms with E-state index in [1.54, 1.807) is 6.92 Å². The number of ether oxygens (including phenoxy) is 3. The van der Waals surface area contributed by atoms with Crippen molar-refractivity contribution in [1.29, 1.82) is 0 Å². The number of methoxy groups -OCH3 is 1. The molecule has 9 nitrogen and oxygen atoms in total. The number of hydrogen-bond donors (Lipinski definition) is 2. The molecule has 0 radical (unpaired) electrons. The molecular weight excluding hydrogens is 452 g/mol. The van der Waals surface area contributed by atoms with Crippen molar-refractivity contribution in [1.82, 2.24) is 10.2 Å². The molecular formula is C26H30N2O7. The van der Waals surface area contributed by atoms with Gasteiger partial charge in [0.1, 0.15) is 12.5 Å². The summed E-state index contributed by atoms with van der Waals surface area (Å²) in [6.45, 7) is 2.31. The second-order valence-electron chi connectivity index (χ2n) is 8.60. The molecule has 2 aromatic carbocycles. The van der Waals surface area contributed by atoms with E-state index in [0.717, 1.165) is 22.3 Å². The van der Waals surface area contributed by atoms with Crippen molar-refractivity contribution < 1.29 is 33.7 Å². The van der Waals surface area contributed by atoms with E-state index in [2.05, 4.69) is 17.4 Å². The standard InChI is InChI=1S/C26H30N2O7/c1-3-28(22-15-34-13-21(22)25(30)31)24(29)23(33-2)12-27-26(32)35-14-20-18-10-6-4-8-16(18)17-9-5-7-11-19(17)20/h4-11,20-23H,3,12-15H2,1-2H3,(H,27,32)(H,30,31). The third-order valence-corrected chi connectivity index (χ3v) is 6.73. The zero-order valence-corrected chi connectivity index (χ0v) is 19.8. The van der Waals surface area contributed by atoms with Crippen molar-refractivity contribution in [3.8, 4) is 11.1 Å². The van der Waals surface area contributed by atoms with E-state index in [9.17, 15) is 19.5 Å². The Morgan fingerprint density at radius 2 is 1.71 bits per heavy atom. The molecule has 1 fully saturated rings. The van der Waals surface area contributed by atoms with Crippen molar-refractivity contribution >= 4 is 18.0 Å². The maximum atomic E-state index is 13.1. The molecule has 1 heterocycles. The number of carbonyl (C=O) groups is 3. The highest BCUT2D eigenvalue weighted by Crippen LogP contribution is 2.44. The average molecular weight is 483 g/mol. The van der Waals surface area contributed by atoms with Crippen LogP contribution >= 0.6 is 0 Å². The number of amides is 2. The van der Waals surface area contributed by atoms with Crippen LogP contribution in [0, 0.1) is 5.92 Å². The zero-order valence-electron chi connectivity index (χ0n) is 19.8. The Bertz CT molecular complexity index is 1040. The molecule has 1 aliphatic carbocycles. The minimum absolute atomic E-state index is 0.0550. The topological polar surface area (TPSA) is 114 Å². The molecule has 0 spiro atoms. The minimum Gasteiger partial charge on any atom is -0.481 e. The summed E-state index contributed by atoms with van der Waals surface area (Å²) in [7, 11) is 1.37. The first-order valence-electron chi connectivity index (χ1n) is 11.7. The third-order valence-electron chi connectivity index (χ3n) is 6.73. The number of carboxylic acids is 1. The summed E-state index contributed by atoms with van der Waals surface area (Å²) < 4.78 is 16.1. The molecule has 4 rings (SSSR count). The quantitative estimate of drug-likeness (QED) is 0.564. The Morgan fingerprint density at radius 1 is 1.09 bits per heavy atom. The smallest absolute Gasteiger partial charge is 0.407 e. The molecule has 2 N–H and O–H groups in total. The van der Waals surface area contributed by atoms with Crippen LogP contribution in [0.4, 0.5) is 4.79 Å². The summed E-state index contributed by atoms with van der Waals surface area (Å²) in [5.74, 6) is -2.29. The minimum atomic E-state index is -1.01. The normalized spacial score (nSPS) is 19.5. The highest BCUT2D eigenvalue weighted by Gasteiger charge is 2.41. The number of rotatable bonds is 9. The Morgan fingerprint density at radius 3 is 2.29 bits per heavy atom. The fourth-order valence-electron chi connectivity index (χ4n) is 4.92. The molecule has 186 valence electrons. The van der Waals surface area contributed by atoms with Gasteiger partial charge in [0.15, 0.2) is 6.10 Å². The van der Waals surface area contributed by atoms with E-state index in [-0.39, 0.29) is 32.3 Å². The summed E-state index contributed by atoms with van der Waals surface area (Å²) in [6, 6.07) is 15.5. The predicted molar refractivity (Wildman–Crippen MR) is 127 cm³/mol. The van der Waals surface area contributed by atoms with Gasteiger partial charge in [-0.3, -0.25) is 9.59 Å². The van der Waals surface area contributed by atoms with Crippen molar-refractivity contribution in [2.75, 3.05) is 40.0 Å². The van der Waals surface area contributed by atoms with Gasteiger partial charge in [-0.15, -0.1) is 0 Å². The van der Waals surface area contributed by atoms with Gasteiger partial charge in [-0.1, -0.05) is 48.5 Å². The first-order valence-corrected chi connectivity index (χ1v) is 11.7. The van der Waals surface area contributed by atoms with Crippen molar-refractivity contribution in [2.45, 2.75) is 25.0 Å². The monoisotopic (exact) mass is 482 g/mol. The molecule has 2 aliphatic rings. The van der Waals surface area contributed by atoms with Gasteiger partial charge in [0.2, 0.25) is 0 Å². The molecule has 35 heavy (non-hydrogen) atoms. The van der Waals surface area contributed by atoms with E-state index in [1.807, 2.05) is 36.4 Å². The van der Waals surface area contributed by atoms with Gasteiger partial charge in [-0.05, 0) is 29.2 Å². The number of likely N-dealkylation sites (N-methyl/N-ethyl adjacent to an activating group) is 1. The van der Waals surface area contributed by atoms with E-state index >= 15 is 0 Å².